The lowest BCUT2D eigenvalue weighted by molar-refractivity contribution is -0.0353. The molecule has 0 aliphatic carbocycles. The van der Waals surface area contributed by atoms with Crippen LogP contribution < -0.4 is 0 Å². The number of nitrogens with zero attached hydrogens (tertiary/aromatic N) is 1. The average molecular weight is 300 g/mol. The third kappa shape index (κ3) is 2.92. The molecular weight excluding hydrogens is 281 g/mol. The Kier molecular flexibility index (Phi) is 3.78. The summed E-state index contributed by atoms with van der Waals surface area (Å²) in [6, 6.07) is 6.23. The van der Waals surface area contributed by atoms with Gasteiger partial charge in [0.25, 0.3) is 0 Å². The van der Waals surface area contributed by atoms with Gasteiger partial charge in [-0.05, 0) is 49.9 Å². The molecule has 2 nitrogen and oxygen atoms in total. The third-order valence-corrected chi connectivity index (χ3v) is 5.24. The number of benzene rings is 1. The Labute approximate surface area is 124 Å². The highest BCUT2D eigenvalue weighted by atomic mass is 35.5. The van der Waals surface area contributed by atoms with Gasteiger partial charge in [0.15, 0.2) is 0 Å². The lowest BCUT2D eigenvalue weighted by Gasteiger charge is -2.41. The molecular formula is C15H19Cl2NO. The van der Waals surface area contributed by atoms with Gasteiger partial charge in [0.1, 0.15) is 0 Å². The van der Waals surface area contributed by atoms with Crippen LogP contribution in [-0.4, -0.2) is 34.7 Å². The number of piperidine rings is 1. The van der Waals surface area contributed by atoms with Crippen LogP contribution in [0.25, 0.3) is 0 Å². The van der Waals surface area contributed by atoms with Crippen molar-refractivity contribution in [1.82, 2.24) is 4.90 Å². The van der Waals surface area contributed by atoms with E-state index in [4.69, 9.17) is 23.2 Å². The first-order valence-electron chi connectivity index (χ1n) is 6.96. The van der Waals surface area contributed by atoms with Crippen molar-refractivity contribution in [1.29, 1.82) is 0 Å². The summed E-state index contributed by atoms with van der Waals surface area (Å²) < 4.78 is 0. The molecule has 0 bridgehead atoms. The van der Waals surface area contributed by atoms with E-state index in [0.29, 0.717) is 22.5 Å². The lowest BCUT2D eigenvalue weighted by atomic mass is 9.82. The molecule has 2 aliphatic rings. The van der Waals surface area contributed by atoms with E-state index < -0.39 is 5.60 Å². The Morgan fingerprint density at radius 2 is 2.11 bits per heavy atom. The molecule has 1 aromatic rings. The molecule has 1 aromatic carbocycles. The van der Waals surface area contributed by atoms with Gasteiger partial charge >= 0.3 is 0 Å². The zero-order chi connectivity index (χ0) is 13.5. The van der Waals surface area contributed by atoms with Crippen molar-refractivity contribution >= 4 is 23.2 Å². The molecule has 2 unspecified atom stereocenters. The molecule has 2 fully saturated rings. The summed E-state index contributed by atoms with van der Waals surface area (Å²) in [6.07, 6.45) is 4.91. The minimum Gasteiger partial charge on any atom is -0.389 e. The maximum Gasteiger partial charge on any atom is 0.0715 e. The van der Waals surface area contributed by atoms with Crippen LogP contribution in [0.3, 0.4) is 0 Å². The summed E-state index contributed by atoms with van der Waals surface area (Å²) in [4.78, 5) is 2.52. The minimum absolute atomic E-state index is 0.570. The summed E-state index contributed by atoms with van der Waals surface area (Å²) in [6.45, 7) is 2.22. The van der Waals surface area contributed by atoms with E-state index in [1.165, 1.54) is 19.4 Å². The summed E-state index contributed by atoms with van der Waals surface area (Å²) >= 11 is 12.0. The predicted molar refractivity (Wildman–Crippen MR) is 78.9 cm³/mol. The van der Waals surface area contributed by atoms with Gasteiger partial charge in [0.05, 0.1) is 15.6 Å². The molecule has 3 rings (SSSR count). The first-order valence-corrected chi connectivity index (χ1v) is 7.72. The predicted octanol–water partition coefficient (Wildman–Crippen LogP) is 3.53. The van der Waals surface area contributed by atoms with Crippen molar-refractivity contribution in [3.8, 4) is 0 Å². The molecule has 0 aromatic heterocycles. The second kappa shape index (κ2) is 5.25. The average Bonchev–Trinajstić information content (AvgIpc) is 2.80. The van der Waals surface area contributed by atoms with Crippen LogP contribution in [0.5, 0.6) is 0 Å². The number of halogens is 2. The standard InChI is InChI=1S/C15H19Cl2NO/c16-13-4-3-11(8-14(13)17)9-15(19)5-7-18-6-1-2-12(18)10-15/h3-4,8,12,19H,1-2,5-7,9-10H2. The van der Waals surface area contributed by atoms with Gasteiger partial charge in [-0.1, -0.05) is 29.3 Å². The van der Waals surface area contributed by atoms with Gasteiger partial charge in [-0.15, -0.1) is 0 Å². The first-order chi connectivity index (χ1) is 9.06. The minimum atomic E-state index is -0.581. The highest BCUT2D eigenvalue weighted by molar-refractivity contribution is 6.42. The van der Waals surface area contributed by atoms with Crippen LogP contribution in [-0.2, 0) is 6.42 Å². The summed E-state index contributed by atoms with van der Waals surface area (Å²) in [7, 11) is 0. The van der Waals surface area contributed by atoms with E-state index >= 15 is 0 Å². The molecule has 2 saturated heterocycles. The van der Waals surface area contributed by atoms with Crippen molar-refractivity contribution in [2.75, 3.05) is 13.1 Å². The summed E-state index contributed by atoms with van der Waals surface area (Å²) in [5.41, 5.74) is 0.492. The van der Waals surface area contributed by atoms with Crippen LogP contribution in [0.15, 0.2) is 18.2 Å². The van der Waals surface area contributed by atoms with Crippen LogP contribution in [0.4, 0.5) is 0 Å². The van der Waals surface area contributed by atoms with Gasteiger partial charge in [0, 0.05) is 19.0 Å². The second-order valence-electron chi connectivity index (χ2n) is 5.94. The van der Waals surface area contributed by atoms with E-state index in [2.05, 4.69) is 4.90 Å². The fraction of sp³-hybridized carbons (Fsp3) is 0.600. The normalized spacial score (nSPS) is 31.4. The Morgan fingerprint density at radius 1 is 1.26 bits per heavy atom. The Balaban J connectivity index is 1.72. The topological polar surface area (TPSA) is 23.5 Å². The maximum atomic E-state index is 10.8. The number of rotatable bonds is 2. The van der Waals surface area contributed by atoms with E-state index in [-0.39, 0.29) is 0 Å². The number of fused-ring (bicyclic) bond motifs is 1. The molecule has 4 heteroatoms. The van der Waals surface area contributed by atoms with Crippen LogP contribution in [0.1, 0.15) is 31.2 Å². The molecule has 0 spiro atoms. The van der Waals surface area contributed by atoms with Gasteiger partial charge in [-0.2, -0.15) is 0 Å². The monoisotopic (exact) mass is 299 g/mol. The molecule has 19 heavy (non-hydrogen) atoms. The molecule has 0 saturated carbocycles. The van der Waals surface area contributed by atoms with Crippen LogP contribution in [0, 0.1) is 0 Å². The van der Waals surface area contributed by atoms with Crippen LogP contribution in [0.2, 0.25) is 10.0 Å². The fourth-order valence-corrected chi connectivity index (χ4v) is 3.82. The van der Waals surface area contributed by atoms with Gasteiger partial charge in [0.2, 0.25) is 0 Å². The number of hydrogen-bond donors (Lipinski definition) is 1. The number of aliphatic hydroxyl groups is 1. The van der Waals surface area contributed by atoms with Gasteiger partial charge < -0.3 is 10.0 Å². The second-order valence-corrected chi connectivity index (χ2v) is 6.75. The molecule has 0 radical (unpaired) electrons. The largest absolute Gasteiger partial charge is 0.389 e. The zero-order valence-corrected chi connectivity index (χ0v) is 12.4. The van der Waals surface area contributed by atoms with Crippen LogP contribution >= 0.6 is 23.2 Å². The van der Waals surface area contributed by atoms with Crippen molar-refractivity contribution in [3.05, 3.63) is 33.8 Å². The SMILES string of the molecule is OC1(Cc2ccc(Cl)c(Cl)c2)CCN2CCCC2C1. The third-order valence-electron chi connectivity index (χ3n) is 4.50. The molecule has 0 amide bonds. The van der Waals surface area contributed by atoms with Crippen molar-refractivity contribution in [2.45, 2.75) is 43.7 Å². The van der Waals surface area contributed by atoms with E-state index in [0.717, 1.165) is 24.9 Å². The Hall–Kier alpha value is -0.280. The molecule has 104 valence electrons. The quantitative estimate of drug-likeness (QED) is 0.903. The first kappa shape index (κ1) is 13.7. The molecule has 2 heterocycles. The molecule has 1 N–H and O–H groups in total. The zero-order valence-electron chi connectivity index (χ0n) is 10.9. The van der Waals surface area contributed by atoms with Crippen molar-refractivity contribution < 1.29 is 5.11 Å². The smallest absolute Gasteiger partial charge is 0.0715 e. The molecule has 2 aliphatic heterocycles. The highest BCUT2D eigenvalue weighted by Gasteiger charge is 2.40. The van der Waals surface area contributed by atoms with E-state index in [1.807, 2.05) is 18.2 Å². The number of hydrogen-bond acceptors (Lipinski definition) is 2. The van der Waals surface area contributed by atoms with Gasteiger partial charge in [-0.25, -0.2) is 0 Å². The lowest BCUT2D eigenvalue weighted by Crippen LogP contribution is -2.48. The Morgan fingerprint density at radius 3 is 2.89 bits per heavy atom. The molecule has 2 atom stereocenters. The van der Waals surface area contributed by atoms with Gasteiger partial charge in [-0.3, -0.25) is 0 Å². The summed E-state index contributed by atoms with van der Waals surface area (Å²) in [5, 5.41) is 12.0. The van der Waals surface area contributed by atoms with E-state index in [1.54, 1.807) is 0 Å². The van der Waals surface area contributed by atoms with Crippen molar-refractivity contribution in [2.24, 2.45) is 0 Å². The van der Waals surface area contributed by atoms with E-state index in [9.17, 15) is 5.11 Å². The highest BCUT2D eigenvalue weighted by Crippen LogP contribution is 2.35. The summed E-state index contributed by atoms with van der Waals surface area (Å²) in [5.74, 6) is 0. The maximum absolute atomic E-state index is 10.8. The Bertz CT molecular complexity index is 479. The fourth-order valence-electron chi connectivity index (χ4n) is 3.50. The van der Waals surface area contributed by atoms with Crippen molar-refractivity contribution in [3.63, 3.8) is 0 Å².